The van der Waals surface area contributed by atoms with Crippen molar-refractivity contribution in [1.29, 1.82) is 0 Å². The maximum atomic E-state index is 11.0. The first-order valence-electron chi connectivity index (χ1n) is 8.20. The summed E-state index contributed by atoms with van der Waals surface area (Å²) in [5.41, 5.74) is 1.76. The molecule has 6 nitrogen and oxygen atoms in total. The van der Waals surface area contributed by atoms with Gasteiger partial charge in [0.15, 0.2) is 11.5 Å². The first-order chi connectivity index (χ1) is 11.7. The van der Waals surface area contributed by atoms with Gasteiger partial charge in [0, 0.05) is 25.2 Å². The number of aldehydes is 1. The second-order valence-corrected chi connectivity index (χ2v) is 5.78. The van der Waals surface area contributed by atoms with Crippen molar-refractivity contribution in [3.05, 3.63) is 17.7 Å². The van der Waals surface area contributed by atoms with Crippen LogP contribution in [0.1, 0.15) is 31.2 Å². The molecule has 1 aromatic rings. The van der Waals surface area contributed by atoms with Crippen LogP contribution in [0.5, 0.6) is 11.5 Å². The van der Waals surface area contributed by atoms with Crippen molar-refractivity contribution in [1.82, 2.24) is 4.90 Å². The number of unbranched alkanes of at least 4 members (excludes halogenated alkanes) is 1. The highest BCUT2D eigenvalue weighted by Gasteiger charge is 2.21. The van der Waals surface area contributed by atoms with Crippen molar-refractivity contribution < 1.29 is 19.1 Å². The summed E-state index contributed by atoms with van der Waals surface area (Å²) in [6, 6.07) is 3.78. The zero-order valence-corrected chi connectivity index (χ0v) is 14.2. The van der Waals surface area contributed by atoms with E-state index in [1.54, 1.807) is 12.0 Å². The molecule has 1 amide bonds. The van der Waals surface area contributed by atoms with Crippen LogP contribution in [-0.4, -0.2) is 50.1 Å². The fourth-order valence-corrected chi connectivity index (χ4v) is 2.68. The lowest BCUT2D eigenvalue weighted by molar-refractivity contribution is -0.117. The van der Waals surface area contributed by atoms with Crippen molar-refractivity contribution in [3.63, 3.8) is 0 Å². The van der Waals surface area contributed by atoms with E-state index in [1.165, 1.54) is 0 Å². The van der Waals surface area contributed by atoms with Gasteiger partial charge in [-0.25, -0.2) is 0 Å². The second kappa shape index (κ2) is 9.05. The molecule has 1 atom stereocenters. The Morgan fingerprint density at radius 3 is 2.88 bits per heavy atom. The fraction of sp³-hybridized carbons (Fsp3) is 0.500. The van der Waals surface area contributed by atoms with Gasteiger partial charge in [-0.1, -0.05) is 0 Å². The van der Waals surface area contributed by atoms with Crippen LogP contribution >= 0.6 is 0 Å². The quantitative estimate of drug-likeness (QED) is 0.396. The molecule has 0 spiro atoms. The molecule has 24 heavy (non-hydrogen) atoms. The predicted molar refractivity (Wildman–Crippen MR) is 92.5 cm³/mol. The van der Waals surface area contributed by atoms with Crippen molar-refractivity contribution >= 4 is 24.6 Å². The van der Waals surface area contributed by atoms with Crippen molar-refractivity contribution in [2.75, 3.05) is 20.3 Å². The molecule has 0 saturated carbocycles. The molecule has 1 aliphatic rings. The van der Waals surface area contributed by atoms with E-state index in [2.05, 4.69) is 4.99 Å². The molecule has 2 rings (SSSR count). The summed E-state index contributed by atoms with van der Waals surface area (Å²) in [6.07, 6.45) is 6.66. The van der Waals surface area contributed by atoms with Crippen LogP contribution in [0.25, 0.3) is 0 Å². The molecule has 1 heterocycles. The molecule has 0 N–H and O–H groups in total. The predicted octanol–water partition coefficient (Wildman–Crippen LogP) is 2.68. The Bertz CT molecular complexity index is 601. The van der Waals surface area contributed by atoms with Gasteiger partial charge in [-0.3, -0.25) is 9.79 Å². The third-order valence-electron chi connectivity index (χ3n) is 4.07. The summed E-state index contributed by atoms with van der Waals surface area (Å²) in [6.45, 7) is 3.19. The third-order valence-corrected chi connectivity index (χ3v) is 4.07. The molecule has 1 aliphatic heterocycles. The molecular weight excluding hydrogens is 308 g/mol. The molecule has 0 aromatic heterocycles. The van der Waals surface area contributed by atoms with Crippen LogP contribution in [0, 0.1) is 6.92 Å². The highest BCUT2D eigenvalue weighted by Crippen LogP contribution is 2.34. The molecule has 1 fully saturated rings. The van der Waals surface area contributed by atoms with Crippen LogP contribution in [0.3, 0.4) is 0 Å². The number of rotatable bonds is 9. The van der Waals surface area contributed by atoms with Gasteiger partial charge >= 0.3 is 0 Å². The topological polar surface area (TPSA) is 68.2 Å². The number of aryl methyl sites for hydroxylation is 1. The lowest BCUT2D eigenvalue weighted by Crippen LogP contribution is -2.28. The summed E-state index contributed by atoms with van der Waals surface area (Å²) >= 11 is 0. The maximum Gasteiger partial charge on any atom is 0.210 e. The minimum absolute atomic E-state index is 0.0564. The van der Waals surface area contributed by atoms with Crippen molar-refractivity contribution in [2.24, 2.45) is 4.99 Å². The zero-order valence-electron chi connectivity index (χ0n) is 14.2. The van der Waals surface area contributed by atoms with E-state index in [9.17, 15) is 9.59 Å². The summed E-state index contributed by atoms with van der Waals surface area (Å²) < 4.78 is 11.1. The normalized spacial score (nSPS) is 17.2. The molecule has 0 aliphatic carbocycles. The maximum absolute atomic E-state index is 11.0. The highest BCUT2D eigenvalue weighted by molar-refractivity contribution is 5.74. The van der Waals surface area contributed by atoms with E-state index in [0.29, 0.717) is 30.9 Å². The number of nitrogens with zero attached hydrogens (tertiary/aromatic N) is 2. The molecule has 0 bridgehead atoms. The van der Waals surface area contributed by atoms with Crippen LogP contribution < -0.4 is 9.47 Å². The van der Waals surface area contributed by atoms with Crippen molar-refractivity contribution in [3.8, 4) is 11.5 Å². The van der Waals surface area contributed by atoms with Crippen molar-refractivity contribution in [2.45, 2.75) is 38.6 Å². The van der Waals surface area contributed by atoms with Gasteiger partial charge in [0.05, 0.1) is 25.4 Å². The number of benzene rings is 1. The van der Waals surface area contributed by atoms with Gasteiger partial charge in [-0.05, 0) is 37.8 Å². The lowest BCUT2D eigenvalue weighted by atomic mass is 10.1. The number of amides is 1. The number of ether oxygens (including phenoxy) is 2. The molecule has 1 aromatic carbocycles. The standard InChI is InChI=1S/C18H24N2O4/c1-14-10-17(23-2)18(24-9-4-3-8-21)11-16(14)19-12-15-6-5-7-20(15)13-22/h8,10-13,15H,3-7,9H2,1-2H3. The number of hydrogen-bond acceptors (Lipinski definition) is 5. The minimum Gasteiger partial charge on any atom is -0.493 e. The monoisotopic (exact) mass is 332 g/mol. The summed E-state index contributed by atoms with van der Waals surface area (Å²) in [7, 11) is 1.59. The first-order valence-corrected chi connectivity index (χ1v) is 8.20. The molecule has 6 heteroatoms. The Labute approximate surface area is 142 Å². The number of hydrogen-bond donors (Lipinski definition) is 0. The molecule has 0 radical (unpaired) electrons. The molecular formula is C18H24N2O4. The number of carbonyl (C=O) groups is 2. The number of carbonyl (C=O) groups excluding carboxylic acids is 2. The van der Waals surface area contributed by atoms with E-state index in [1.807, 2.05) is 25.3 Å². The SMILES string of the molecule is COc1cc(C)c(N=CC2CCCN2C=O)cc1OCCCC=O. The summed E-state index contributed by atoms with van der Waals surface area (Å²) in [5.74, 6) is 1.26. The lowest BCUT2D eigenvalue weighted by Gasteiger charge is -2.16. The average molecular weight is 332 g/mol. The van der Waals surface area contributed by atoms with Gasteiger partial charge in [0.1, 0.15) is 6.29 Å². The second-order valence-electron chi connectivity index (χ2n) is 5.78. The van der Waals surface area contributed by atoms with Gasteiger partial charge in [0.25, 0.3) is 0 Å². The van der Waals surface area contributed by atoms with E-state index >= 15 is 0 Å². The Morgan fingerprint density at radius 1 is 1.33 bits per heavy atom. The number of likely N-dealkylation sites (tertiary alicyclic amines) is 1. The van der Waals surface area contributed by atoms with E-state index in [0.717, 1.165) is 43.3 Å². The summed E-state index contributed by atoms with van der Waals surface area (Å²) in [4.78, 5) is 27.7. The fourth-order valence-electron chi connectivity index (χ4n) is 2.68. The third kappa shape index (κ3) is 4.57. The number of methoxy groups -OCH3 is 1. The van der Waals surface area contributed by atoms with Gasteiger partial charge in [-0.2, -0.15) is 0 Å². The Kier molecular flexibility index (Phi) is 6.78. The average Bonchev–Trinajstić information content (AvgIpc) is 3.05. The van der Waals surface area contributed by atoms with E-state index in [4.69, 9.17) is 9.47 Å². The van der Waals surface area contributed by atoms with Crippen LogP contribution in [-0.2, 0) is 9.59 Å². The first kappa shape index (κ1) is 18.0. The largest absolute Gasteiger partial charge is 0.493 e. The zero-order chi connectivity index (χ0) is 17.4. The van der Waals surface area contributed by atoms with Gasteiger partial charge in [0.2, 0.25) is 6.41 Å². The molecule has 1 unspecified atom stereocenters. The molecule has 1 saturated heterocycles. The van der Waals surface area contributed by atoms with Crippen LogP contribution in [0.2, 0.25) is 0 Å². The van der Waals surface area contributed by atoms with Gasteiger partial charge < -0.3 is 19.2 Å². The minimum atomic E-state index is 0.0564. The Morgan fingerprint density at radius 2 is 2.17 bits per heavy atom. The smallest absolute Gasteiger partial charge is 0.210 e. The van der Waals surface area contributed by atoms with Gasteiger partial charge in [-0.15, -0.1) is 0 Å². The van der Waals surface area contributed by atoms with E-state index < -0.39 is 0 Å². The summed E-state index contributed by atoms with van der Waals surface area (Å²) in [5, 5.41) is 0. The highest BCUT2D eigenvalue weighted by atomic mass is 16.5. The molecule has 130 valence electrons. The Balaban J connectivity index is 2.13. The van der Waals surface area contributed by atoms with Crippen LogP contribution in [0.15, 0.2) is 17.1 Å². The van der Waals surface area contributed by atoms with Crippen LogP contribution in [0.4, 0.5) is 5.69 Å². The Hall–Kier alpha value is -2.37. The number of aliphatic imine (C=N–C) groups is 1. The van der Waals surface area contributed by atoms with E-state index in [-0.39, 0.29) is 6.04 Å².